The van der Waals surface area contributed by atoms with E-state index in [9.17, 15) is 13.2 Å². The normalized spacial score (nSPS) is 14.0. The van der Waals surface area contributed by atoms with Crippen molar-refractivity contribution in [2.24, 2.45) is 0 Å². The van der Waals surface area contributed by atoms with Gasteiger partial charge in [-0.3, -0.25) is 4.79 Å². The molecule has 0 aliphatic heterocycles. The van der Waals surface area contributed by atoms with Gasteiger partial charge in [-0.25, -0.2) is 8.42 Å². The van der Waals surface area contributed by atoms with Crippen molar-refractivity contribution in [3.05, 3.63) is 86.5 Å². The summed E-state index contributed by atoms with van der Waals surface area (Å²) in [5.41, 5.74) is 1.02. The third-order valence-corrected chi connectivity index (χ3v) is 8.80. The van der Waals surface area contributed by atoms with Crippen LogP contribution in [0.2, 0.25) is 0 Å². The zero-order valence-corrected chi connectivity index (χ0v) is 21.0. The van der Waals surface area contributed by atoms with E-state index < -0.39 is 10.0 Å². The number of hydrogen-bond acceptors (Lipinski definition) is 4. The van der Waals surface area contributed by atoms with E-state index in [0.29, 0.717) is 13.1 Å². The van der Waals surface area contributed by atoms with Crippen LogP contribution in [-0.2, 0) is 27.9 Å². The molecule has 8 heteroatoms. The summed E-state index contributed by atoms with van der Waals surface area (Å²) in [6.07, 6.45) is 1.57. The molecule has 32 heavy (non-hydrogen) atoms. The molecule has 0 bridgehead atoms. The second-order valence-electron chi connectivity index (χ2n) is 7.98. The standard InChI is InChI=1S/C24H25BrN2O3S2/c1-18-7-12-22(31-18)16-26(15-19-5-3-2-4-6-19)24(28)17-27(21-10-11-21)32(29,30)23-13-8-20(25)9-14-23/h2-9,12-14,21H,10-11,15-17H2,1H3. The van der Waals surface area contributed by atoms with Crippen LogP contribution in [0.4, 0.5) is 0 Å². The average molecular weight is 534 g/mol. The van der Waals surface area contributed by atoms with Gasteiger partial charge in [0.2, 0.25) is 15.9 Å². The van der Waals surface area contributed by atoms with E-state index in [1.54, 1.807) is 40.5 Å². The fourth-order valence-corrected chi connectivity index (χ4v) is 6.35. The number of thiophene rings is 1. The maximum absolute atomic E-state index is 13.5. The predicted octanol–water partition coefficient (Wildman–Crippen LogP) is 5.20. The van der Waals surface area contributed by atoms with Crippen LogP contribution in [-0.4, -0.2) is 36.1 Å². The molecule has 0 spiro atoms. The molecular formula is C24H25BrN2O3S2. The first-order valence-electron chi connectivity index (χ1n) is 10.5. The van der Waals surface area contributed by atoms with Crippen LogP contribution in [0.5, 0.6) is 0 Å². The maximum atomic E-state index is 13.5. The largest absolute Gasteiger partial charge is 0.332 e. The number of hydrogen-bond donors (Lipinski definition) is 0. The molecule has 5 nitrogen and oxygen atoms in total. The molecule has 0 atom stereocenters. The zero-order valence-electron chi connectivity index (χ0n) is 17.8. The lowest BCUT2D eigenvalue weighted by Crippen LogP contribution is -2.43. The summed E-state index contributed by atoms with van der Waals surface area (Å²) in [4.78, 5) is 17.7. The first-order chi connectivity index (χ1) is 15.3. The summed E-state index contributed by atoms with van der Waals surface area (Å²) in [6, 6.07) is 20.3. The van der Waals surface area contributed by atoms with E-state index in [-0.39, 0.29) is 23.4 Å². The fraction of sp³-hybridized carbons (Fsp3) is 0.292. The monoisotopic (exact) mass is 532 g/mol. The van der Waals surface area contributed by atoms with Gasteiger partial charge in [-0.05, 0) is 61.7 Å². The van der Waals surface area contributed by atoms with E-state index in [1.165, 1.54) is 9.18 Å². The molecule has 0 unspecified atom stereocenters. The third-order valence-electron chi connectivity index (χ3n) is 5.38. The van der Waals surface area contributed by atoms with Crippen molar-refractivity contribution in [3.8, 4) is 0 Å². The van der Waals surface area contributed by atoms with Gasteiger partial charge in [0.15, 0.2) is 0 Å². The molecule has 1 amide bonds. The van der Waals surface area contributed by atoms with Crippen LogP contribution in [0.25, 0.3) is 0 Å². The van der Waals surface area contributed by atoms with Crippen molar-refractivity contribution in [3.63, 3.8) is 0 Å². The predicted molar refractivity (Wildman–Crippen MR) is 131 cm³/mol. The smallest absolute Gasteiger partial charge is 0.243 e. The van der Waals surface area contributed by atoms with Gasteiger partial charge >= 0.3 is 0 Å². The summed E-state index contributed by atoms with van der Waals surface area (Å²) in [5.74, 6) is -0.188. The number of rotatable bonds is 9. The highest BCUT2D eigenvalue weighted by atomic mass is 79.9. The summed E-state index contributed by atoms with van der Waals surface area (Å²) >= 11 is 5.00. The Labute approximate surface area is 201 Å². The lowest BCUT2D eigenvalue weighted by molar-refractivity contribution is -0.132. The second-order valence-corrected chi connectivity index (χ2v) is 12.2. The minimum atomic E-state index is -3.76. The maximum Gasteiger partial charge on any atom is 0.243 e. The average Bonchev–Trinajstić information content (AvgIpc) is 3.53. The highest BCUT2D eigenvalue weighted by Crippen LogP contribution is 2.32. The Kier molecular flexibility index (Phi) is 7.14. The van der Waals surface area contributed by atoms with E-state index >= 15 is 0 Å². The molecule has 1 fully saturated rings. The quantitative estimate of drug-likeness (QED) is 0.380. The Balaban J connectivity index is 1.57. The van der Waals surface area contributed by atoms with Crippen LogP contribution in [0.1, 0.15) is 28.2 Å². The van der Waals surface area contributed by atoms with Crippen LogP contribution in [0.3, 0.4) is 0 Å². The van der Waals surface area contributed by atoms with Gasteiger partial charge in [0.05, 0.1) is 18.0 Å². The molecule has 3 aromatic rings. The van der Waals surface area contributed by atoms with Crippen molar-refractivity contribution in [1.29, 1.82) is 0 Å². The number of benzene rings is 2. The summed E-state index contributed by atoms with van der Waals surface area (Å²) in [5, 5.41) is 0. The van der Waals surface area contributed by atoms with Crippen LogP contribution in [0.15, 0.2) is 76.1 Å². The van der Waals surface area contributed by atoms with Crippen LogP contribution < -0.4 is 0 Å². The Hall–Kier alpha value is -2.00. The Morgan fingerprint density at radius 3 is 2.28 bits per heavy atom. The Morgan fingerprint density at radius 1 is 1.00 bits per heavy atom. The lowest BCUT2D eigenvalue weighted by atomic mass is 10.2. The van der Waals surface area contributed by atoms with Crippen molar-refractivity contribution < 1.29 is 13.2 Å². The van der Waals surface area contributed by atoms with E-state index in [4.69, 9.17) is 0 Å². The second kappa shape index (κ2) is 9.87. The van der Waals surface area contributed by atoms with Gasteiger partial charge in [-0.15, -0.1) is 11.3 Å². The number of amides is 1. The first kappa shape index (κ1) is 23.2. The number of carbonyl (C=O) groups excluding carboxylic acids is 1. The topological polar surface area (TPSA) is 57.7 Å². The van der Waals surface area contributed by atoms with Gasteiger partial charge in [0.1, 0.15) is 0 Å². The molecule has 4 rings (SSSR count). The number of halogens is 1. The fourth-order valence-electron chi connectivity index (χ4n) is 3.54. The molecule has 0 saturated heterocycles. The Bertz CT molecular complexity index is 1170. The van der Waals surface area contributed by atoms with Gasteiger partial charge in [0, 0.05) is 26.8 Å². The minimum Gasteiger partial charge on any atom is -0.332 e. The molecule has 0 radical (unpaired) electrons. The molecule has 1 saturated carbocycles. The molecule has 1 aromatic heterocycles. The highest BCUT2D eigenvalue weighted by molar-refractivity contribution is 9.10. The van der Waals surface area contributed by atoms with Gasteiger partial charge in [0.25, 0.3) is 0 Å². The van der Waals surface area contributed by atoms with Gasteiger partial charge < -0.3 is 4.90 Å². The van der Waals surface area contributed by atoms with Crippen molar-refractivity contribution in [2.45, 2.75) is 43.8 Å². The van der Waals surface area contributed by atoms with Crippen LogP contribution >= 0.6 is 27.3 Å². The van der Waals surface area contributed by atoms with E-state index in [2.05, 4.69) is 15.9 Å². The SMILES string of the molecule is Cc1ccc(CN(Cc2ccccc2)C(=O)CN(C2CC2)S(=O)(=O)c2ccc(Br)cc2)s1. The molecule has 2 aromatic carbocycles. The van der Waals surface area contributed by atoms with Gasteiger partial charge in [-0.2, -0.15) is 4.31 Å². The summed E-state index contributed by atoms with van der Waals surface area (Å²) in [6.45, 7) is 2.79. The molecular weight excluding hydrogens is 508 g/mol. The zero-order chi connectivity index (χ0) is 22.7. The van der Waals surface area contributed by atoms with E-state index in [0.717, 1.165) is 27.8 Å². The molecule has 1 aliphatic rings. The van der Waals surface area contributed by atoms with Gasteiger partial charge in [-0.1, -0.05) is 46.3 Å². The summed E-state index contributed by atoms with van der Waals surface area (Å²) < 4.78 is 28.9. The van der Waals surface area contributed by atoms with Crippen molar-refractivity contribution >= 4 is 43.2 Å². The number of sulfonamides is 1. The van der Waals surface area contributed by atoms with Crippen molar-refractivity contribution in [1.82, 2.24) is 9.21 Å². The minimum absolute atomic E-state index is 0.116. The van der Waals surface area contributed by atoms with Crippen LogP contribution in [0, 0.1) is 6.92 Å². The lowest BCUT2D eigenvalue weighted by Gasteiger charge is -2.27. The first-order valence-corrected chi connectivity index (χ1v) is 13.5. The molecule has 1 aliphatic carbocycles. The highest BCUT2D eigenvalue weighted by Gasteiger charge is 2.40. The number of aryl methyl sites for hydroxylation is 1. The Morgan fingerprint density at radius 2 is 1.69 bits per heavy atom. The van der Waals surface area contributed by atoms with E-state index in [1.807, 2.05) is 49.4 Å². The summed E-state index contributed by atoms with van der Waals surface area (Å²) in [7, 11) is -3.76. The molecule has 0 N–H and O–H groups in total. The molecule has 168 valence electrons. The van der Waals surface area contributed by atoms with Crippen molar-refractivity contribution in [2.75, 3.05) is 6.54 Å². The third kappa shape index (κ3) is 5.67. The molecule has 1 heterocycles. The number of nitrogens with zero attached hydrogens (tertiary/aromatic N) is 2. The number of carbonyl (C=O) groups is 1.